The minimum atomic E-state index is 0.696. The van der Waals surface area contributed by atoms with Crippen molar-refractivity contribution in [3.63, 3.8) is 0 Å². The Balaban J connectivity index is 1.83. The van der Waals surface area contributed by atoms with E-state index < -0.39 is 0 Å². The van der Waals surface area contributed by atoms with Gasteiger partial charge in [0.15, 0.2) is 0 Å². The molecule has 0 saturated heterocycles. The lowest BCUT2D eigenvalue weighted by Crippen LogP contribution is -2.22. The van der Waals surface area contributed by atoms with E-state index in [1.54, 1.807) is 11.3 Å². The molecule has 0 saturated carbocycles. The Bertz CT molecular complexity index is 534. The van der Waals surface area contributed by atoms with Gasteiger partial charge in [-0.3, -0.25) is 0 Å². The van der Waals surface area contributed by atoms with Crippen LogP contribution in [-0.2, 0) is 12.8 Å². The van der Waals surface area contributed by atoms with Crippen LogP contribution in [0.2, 0.25) is 0 Å². The molecule has 20 heavy (non-hydrogen) atoms. The Hall–Kier alpha value is -1.26. The van der Waals surface area contributed by atoms with E-state index in [1.165, 1.54) is 11.1 Å². The van der Waals surface area contributed by atoms with E-state index in [4.69, 9.17) is 0 Å². The quantitative estimate of drug-likeness (QED) is 0.795. The maximum atomic E-state index is 4.30. The number of hydrogen-bond acceptors (Lipinski definition) is 4. The predicted octanol–water partition coefficient (Wildman–Crippen LogP) is 3.23. The van der Waals surface area contributed by atoms with Crippen LogP contribution in [0, 0.1) is 12.8 Å². The van der Waals surface area contributed by atoms with Gasteiger partial charge in [0, 0.05) is 19.4 Å². The molecule has 1 aromatic carbocycles. The molecule has 0 fully saturated rings. The number of hydrogen-bond donors (Lipinski definition) is 1. The summed E-state index contributed by atoms with van der Waals surface area (Å²) in [5.74, 6) is 0.696. The molecular formula is C16H23N3S. The van der Waals surface area contributed by atoms with Crippen molar-refractivity contribution < 1.29 is 0 Å². The number of aromatic nitrogens is 2. The summed E-state index contributed by atoms with van der Waals surface area (Å²) in [6, 6.07) is 8.58. The van der Waals surface area contributed by atoms with Gasteiger partial charge in [-0.15, -0.1) is 21.5 Å². The van der Waals surface area contributed by atoms with Crippen molar-refractivity contribution in [3.8, 4) is 0 Å². The highest BCUT2D eigenvalue weighted by atomic mass is 32.1. The van der Waals surface area contributed by atoms with Crippen LogP contribution in [0.1, 0.15) is 35.0 Å². The van der Waals surface area contributed by atoms with Gasteiger partial charge in [0.2, 0.25) is 0 Å². The largest absolute Gasteiger partial charge is 0.316 e. The van der Waals surface area contributed by atoms with E-state index in [9.17, 15) is 0 Å². The molecule has 1 N–H and O–H groups in total. The SMILES string of the molecule is Cc1cccc(Cc2nnc(CCNCC(C)C)s2)c1. The Morgan fingerprint density at radius 3 is 2.75 bits per heavy atom. The van der Waals surface area contributed by atoms with E-state index in [2.05, 4.69) is 60.6 Å². The van der Waals surface area contributed by atoms with Crippen molar-refractivity contribution in [1.29, 1.82) is 0 Å². The summed E-state index contributed by atoms with van der Waals surface area (Å²) in [6.45, 7) is 8.61. The predicted molar refractivity (Wildman–Crippen MR) is 85.3 cm³/mol. The molecule has 108 valence electrons. The second-order valence-electron chi connectivity index (χ2n) is 5.60. The molecule has 0 amide bonds. The Morgan fingerprint density at radius 2 is 2.00 bits per heavy atom. The Kier molecular flexibility index (Phi) is 5.68. The van der Waals surface area contributed by atoms with Crippen LogP contribution in [-0.4, -0.2) is 23.3 Å². The van der Waals surface area contributed by atoms with Crippen molar-refractivity contribution in [3.05, 3.63) is 45.4 Å². The van der Waals surface area contributed by atoms with Gasteiger partial charge in [0.25, 0.3) is 0 Å². The molecule has 0 atom stereocenters. The summed E-state index contributed by atoms with van der Waals surface area (Å²) in [5, 5.41) is 14.2. The molecule has 0 aliphatic carbocycles. The lowest BCUT2D eigenvalue weighted by molar-refractivity contribution is 0.553. The van der Waals surface area contributed by atoms with Gasteiger partial charge in [0.05, 0.1) is 0 Å². The summed E-state index contributed by atoms with van der Waals surface area (Å²) < 4.78 is 0. The highest BCUT2D eigenvalue weighted by Crippen LogP contribution is 2.15. The first-order chi connectivity index (χ1) is 9.63. The number of nitrogens with zero attached hydrogens (tertiary/aromatic N) is 2. The van der Waals surface area contributed by atoms with E-state index in [1.807, 2.05) is 0 Å². The number of rotatable bonds is 7. The summed E-state index contributed by atoms with van der Waals surface area (Å²) in [7, 11) is 0. The van der Waals surface area contributed by atoms with Crippen LogP contribution in [0.5, 0.6) is 0 Å². The minimum absolute atomic E-state index is 0.696. The van der Waals surface area contributed by atoms with Gasteiger partial charge in [0.1, 0.15) is 10.0 Å². The highest BCUT2D eigenvalue weighted by Gasteiger charge is 2.05. The molecule has 4 heteroatoms. The first-order valence-corrected chi connectivity index (χ1v) is 8.02. The molecule has 1 aromatic heterocycles. The topological polar surface area (TPSA) is 37.8 Å². The molecule has 0 radical (unpaired) electrons. The average Bonchev–Trinajstić information content (AvgIpc) is 2.82. The second-order valence-corrected chi connectivity index (χ2v) is 6.75. The number of aryl methyl sites for hydroxylation is 1. The monoisotopic (exact) mass is 289 g/mol. The fourth-order valence-corrected chi connectivity index (χ4v) is 2.92. The smallest absolute Gasteiger partial charge is 0.121 e. The molecular weight excluding hydrogens is 266 g/mol. The van der Waals surface area contributed by atoms with Crippen molar-refractivity contribution in [2.75, 3.05) is 13.1 Å². The van der Waals surface area contributed by atoms with E-state index in [-0.39, 0.29) is 0 Å². The van der Waals surface area contributed by atoms with Crippen molar-refractivity contribution in [1.82, 2.24) is 15.5 Å². The van der Waals surface area contributed by atoms with Crippen molar-refractivity contribution >= 4 is 11.3 Å². The van der Waals surface area contributed by atoms with Crippen LogP contribution in [0.15, 0.2) is 24.3 Å². The highest BCUT2D eigenvalue weighted by molar-refractivity contribution is 7.11. The van der Waals surface area contributed by atoms with Crippen LogP contribution >= 0.6 is 11.3 Å². The summed E-state index contributed by atoms with van der Waals surface area (Å²) in [5.41, 5.74) is 2.61. The third-order valence-corrected chi connectivity index (χ3v) is 4.00. The molecule has 0 aliphatic rings. The standard InChI is InChI=1S/C16H23N3S/c1-12(2)11-17-8-7-15-18-19-16(20-15)10-14-6-4-5-13(3)9-14/h4-6,9,12,17H,7-8,10-11H2,1-3H3. The summed E-state index contributed by atoms with van der Waals surface area (Å²) in [6.07, 6.45) is 1.86. The summed E-state index contributed by atoms with van der Waals surface area (Å²) >= 11 is 1.73. The van der Waals surface area contributed by atoms with Gasteiger partial charge in [-0.25, -0.2) is 0 Å². The zero-order chi connectivity index (χ0) is 14.4. The molecule has 0 bridgehead atoms. The van der Waals surface area contributed by atoms with Crippen LogP contribution < -0.4 is 5.32 Å². The molecule has 2 rings (SSSR count). The van der Waals surface area contributed by atoms with Crippen LogP contribution in [0.3, 0.4) is 0 Å². The molecule has 2 aromatic rings. The maximum Gasteiger partial charge on any atom is 0.121 e. The first-order valence-electron chi connectivity index (χ1n) is 7.21. The zero-order valence-corrected chi connectivity index (χ0v) is 13.3. The molecule has 0 aliphatic heterocycles. The Morgan fingerprint density at radius 1 is 1.20 bits per heavy atom. The van der Waals surface area contributed by atoms with Crippen molar-refractivity contribution in [2.24, 2.45) is 5.92 Å². The fraction of sp³-hybridized carbons (Fsp3) is 0.500. The molecule has 0 unspecified atom stereocenters. The van der Waals surface area contributed by atoms with E-state index in [0.717, 1.165) is 35.9 Å². The van der Waals surface area contributed by atoms with Crippen LogP contribution in [0.4, 0.5) is 0 Å². The third kappa shape index (κ3) is 5.02. The molecule has 0 spiro atoms. The number of benzene rings is 1. The first kappa shape index (κ1) is 15.1. The molecule has 1 heterocycles. The van der Waals surface area contributed by atoms with Gasteiger partial charge < -0.3 is 5.32 Å². The van der Waals surface area contributed by atoms with Gasteiger partial charge >= 0.3 is 0 Å². The maximum absolute atomic E-state index is 4.30. The zero-order valence-electron chi connectivity index (χ0n) is 12.5. The van der Waals surface area contributed by atoms with Gasteiger partial charge in [-0.05, 0) is 24.9 Å². The average molecular weight is 289 g/mol. The van der Waals surface area contributed by atoms with Crippen LogP contribution in [0.25, 0.3) is 0 Å². The normalized spacial score (nSPS) is 11.2. The van der Waals surface area contributed by atoms with Gasteiger partial charge in [-0.1, -0.05) is 43.7 Å². The minimum Gasteiger partial charge on any atom is -0.316 e. The van der Waals surface area contributed by atoms with Crippen molar-refractivity contribution in [2.45, 2.75) is 33.6 Å². The van der Waals surface area contributed by atoms with E-state index in [0.29, 0.717) is 5.92 Å². The second kappa shape index (κ2) is 7.50. The van der Waals surface area contributed by atoms with Gasteiger partial charge in [-0.2, -0.15) is 0 Å². The lowest BCUT2D eigenvalue weighted by atomic mass is 10.1. The lowest BCUT2D eigenvalue weighted by Gasteiger charge is -2.05. The number of nitrogens with one attached hydrogen (secondary N) is 1. The fourth-order valence-electron chi connectivity index (χ4n) is 2.04. The molecule has 3 nitrogen and oxygen atoms in total. The van der Waals surface area contributed by atoms with E-state index >= 15 is 0 Å². The third-order valence-electron chi connectivity index (χ3n) is 3.01. The Labute approximate surface area is 125 Å². The summed E-state index contributed by atoms with van der Waals surface area (Å²) in [4.78, 5) is 0.